The second-order valence-corrected chi connectivity index (χ2v) is 7.93. The number of carbonyl (C=O) groups excluding carboxylic acids is 1. The van der Waals surface area contributed by atoms with Gasteiger partial charge in [-0.2, -0.15) is 0 Å². The first kappa shape index (κ1) is 21.5. The van der Waals surface area contributed by atoms with E-state index in [1.165, 1.54) is 10.5 Å². The van der Waals surface area contributed by atoms with Gasteiger partial charge in [0.15, 0.2) is 5.82 Å². The van der Waals surface area contributed by atoms with Gasteiger partial charge in [-0.1, -0.05) is 37.4 Å². The van der Waals surface area contributed by atoms with E-state index in [0.717, 1.165) is 31.2 Å². The van der Waals surface area contributed by atoms with Crippen molar-refractivity contribution in [1.29, 1.82) is 5.41 Å². The zero-order chi connectivity index (χ0) is 22.8. The minimum atomic E-state index is -0.527. The minimum absolute atomic E-state index is 0.0107. The molecule has 4 aromatic rings. The Balaban J connectivity index is 1.90. The molecule has 0 aliphatic carbocycles. The summed E-state index contributed by atoms with van der Waals surface area (Å²) in [4.78, 5) is 31.0. The first-order valence-corrected chi connectivity index (χ1v) is 10.8. The smallest absolute Gasteiger partial charge is 0.267 e. The lowest BCUT2D eigenvalue weighted by Crippen LogP contribution is -2.32. The van der Waals surface area contributed by atoms with Crippen molar-refractivity contribution in [2.45, 2.75) is 53.0 Å². The Morgan fingerprint density at radius 3 is 2.72 bits per heavy atom. The van der Waals surface area contributed by atoms with Crippen molar-refractivity contribution in [1.82, 2.24) is 19.1 Å². The van der Waals surface area contributed by atoms with Crippen molar-refractivity contribution < 1.29 is 9.32 Å². The lowest BCUT2D eigenvalue weighted by molar-refractivity contribution is 0.102. The van der Waals surface area contributed by atoms with E-state index < -0.39 is 5.91 Å². The van der Waals surface area contributed by atoms with Gasteiger partial charge in [0, 0.05) is 18.8 Å². The van der Waals surface area contributed by atoms with Gasteiger partial charge in [-0.15, -0.1) is 0 Å². The van der Waals surface area contributed by atoms with Crippen LogP contribution in [0, 0.1) is 19.3 Å². The molecule has 0 saturated heterocycles. The molecule has 4 rings (SSSR count). The number of anilines is 1. The molecule has 32 heavy (non-hydrogen) atoms. The van der Waals surface area contributed by atoms with Gasteiger partial charge in [0.2, 0.25) is 0 Å². The van der Waals surface area contributed by atoms with Gasteiger partial charge in [-0.25, -0.2) is 4.98 Å². The average molecular weight is 435 g/mol. The average Bonchev–Trinajstić information content (AvgIpc) is 3.17. The molecule has 1 amide bonds. The molecular weight excluding hydrogens is 408 g/mol. The summed E-state index contributed by atoms with van der Waals surface area (Å²) >= 11 is 0. The fourth-order valence-corrected chi connectivity index (χ4v) is 3.79. The van der Waals surface area contributed by atoms with Crippen LogP contribution in [0.2, 0.25) is 0 Å². The van der Waals surface area contributed by atoms with Crippen molar-refractivity contribution in [2.24, 2.45) is 0 Å². The third-order valence-corrected chi connectivity index (χ3v) is 5.48. The zero-order valence-corrected chi connectivity index (χ0v) is 18.4. The highest BCUT2D eigenvalue weighted by Gasteiger charge is 2.19. The lowest BCUT2D eigenvalue weighted by Gasteiger charge is -2.15. The summed E-state index contributed by atoms with van der Waals surface area (Å²) in [6.45, 7) is 6.24. The van der Waals surface area contributed by atoms with Crippen LogP contribution >= 0.6 is 0 Å². The van der Waals surface area contributed by atoms with Gasteiger partial charge in [-0.3, -0.25) is 19.4 Å². The van der Waals surface area contributed by atoms with Crippen LogP contribution in [0.25, 0.3) is 16.7 Å². The third kappa shape index (κ3) is 3.93. The van der Waals surface area contributed by atoms with Gasteiger partial charge in [0.1, 0.15) is 22.5 Å². The summed E-state index contributed by atoms with van der Waals surface area (Å²) in [7, 11) is 0. The Morgan fingerprint density at radius 1 is 1.19 bits per heavy atom. The number of nitrogens with one attached hydrogen (secondary N) is 2. The van der Waals surface area contributed by atoms with Gasteiger partial charge < -0.3 is 14.4 Å². The van der Waals surface area contributed by atoms with Gasteiger partial charge >= 0.3 is 0 Å². The predicted molar refractivity (Wildman–Crippen MR) is 121 cm³/mol. The molecule has 9 nitrogen and oxygen atoms in total. The Hall–Kier alpha value is -3.75. The number of unbranched alkanes of at least 4 members (excludes halogenated alkanes) is 3. The molecule has 0 radical (unpaired) electrons. The Bertz CT molecular complexity index is 1430. The molecule has 0 bridgehead atoms. The monoisotopic (exact) mass is 434 g/mol. The van der Waals surface area contributed by atoms with Gasteiger partial charge in [0.25, 0.3) is 11.5 Å². The molecule has 0 saturated carbocycles. The summed E-state index contributed by atoms with van der Waals surface area (Å²) in [6.07, 6.45) is 5.64. The van der Waals surface area contributed by atoms with Crippen LogP contribution < -0.4 is 16.4 Å². The first-order chi connectivity index (χ1) is 15.4. The van der Waals surface area contributed by atoms with Crippen molar-refractivity contribution in [2.75, 3.05) is 5.32 Å². The SMILES string of the molecule is CCCCCCn1c(=N)c(C(=O)Nc2cc(C)on2)cc2c(=O)n3cccc(C)c3nc21. The number of carbonyl (C=O) groups is 1. The van der Waals surface area contributed by atoms with Crippen LogP contribution in [0.4, 0.5) is 5.82 Å². The summed E-state index contributed by atoms with van der Waals surface area (Å²) in [5, 5.41) is 15.5. The van der Waals surface area contributed by atoms with E-state index in [-0.39, 0.29) is 22.4 Å². The topological polar surface area (TPSA) is 118 Å². The molecule has 0 fully saturated rings. The quantitative estimate of drug-likeness (QED) is 0.340. The standard InChI is InChI=1S/C23H26N6O3/c1-4-5-6-7-10-28-19(24)16(22(30)25-18-12-15(3)32-27-18)13-17-21(28)26-20-14(2)9-8-11-29(20)23(17)31/h8-9,11-13,24H,4-7,10H2,1-3H3,(H,25,27,30). The van der Waals surface area contributed by atoms with Crippen LogP contribution in [0.15, 0.2) is 39.8 Å². The maximum atomic E-state index is 13.3. The van der Waals surface area contributed by atoms with Gasteiger partial charge in [0.05, 0.1) is 10.9 Å². The maximum absolute atomic E-state index is 13.3. The highest BCUT2D eigenvalue weighted by Crippen LogP contribution is 2.15. The Labute approximate surface area is 184 Å². The number of aromatic nitrogens is 4. The van der Waals surface area contributed by atoms with E-state index in [9.17, 15) is 9.59 Å². The van der Waals surface area contributed by atoms with Crippen molar-refractivity contribution in [3.8, 4) is 0 Å². The Morgan fingerprint density at radius 2 is 2.00 bits per heavy atom. The highest BCUT2D eigenvalue weighted by molar-refractivity contribution is 6.05. The molecule has 4 heterocycles. The van der Waals surface area contributed by atoms with E-state index in [2.05, 4.69) is 17.4 Å². The van der Waals surface area contributed by atoms with Crippen LogP contribution in [0.1, 0.15) is 54.3 Å². The van der Waals surface area contributed by atoms with Crippen LogP contribution in [-0.2, 0) is 6.54 Å². The summed E-state index contributed by atoms with van der Waals surface area (Å²) < 4.78 is 8.15. The van der Waals surface area contributed by atoms with E-state index in [4.69, 9.17) is 14.9 Å². The van der Waals surface area contributed by atoms with E-state index >= 15 is 0 Å². The van der Waals surface area contributed by atoms with Crippen LogP contribution in [0.5, 0.6) is 0 Å². The first-order valence-electron chi connectivity index (χ1n) is 10.8. The number of fused-ring (bicyclic) bond motifs is 2. The molecule has 0 aliphatic rings. The summed E-state index contributed by atoms with van der Waals surface area (Å²) in [6, 6.07) is 6.72. The minimum Gasteiger partial charge on any atom is -0.360 e. The normalized spacial score (nSPS) is 11.3. The Kier molecular flexibility index (Phi) is 5.89. The molecule has 0 unspecified atom stereocenters. The van der Waals surface area contributed by atoms with E-state index in [1.807, 2.05) is 13.0 Å². The second kappa shape index (κ2) is 8.78. The number of aryl methyl sites for hydroxylation is 3. The second-order valence-electron chi connectivity index (χ2n) is 7.93. The fraction of sp³-hybridized carbons (Fsp3) is 0.348. The van der Waals surface area contributed by atoms with E-state index in [1.54, 1.807) is 29.8 Å². The largest absolute Gasteiger partial charge is 0.360 e. The van der Waals surface area contributed by atoms with Crippen molar-refractivity contribution in [3.05, 3.63) is 63.2 Å². The molecule has 4 aromatic heterocycles. The number of hydrogen-bond acceptors (Lipinski definition) is 6. The molecule has 0 atom stereocenters. The summed E-state index contributed by atoms with van der Waals surface area (Å²) in [5.74, 6) is 0.284. The zero-order valence-electron chi connectivity index (χ0n) is 18.4. The molecule has 9 heteroatoms. The highest BCUT2D eigenvalue weighted by atomic mass is 16.5. The molecule has 0 aromatic carbocycles. The van der Waals surface area contributed by atoms with Crippen molar-refractivity contribution >= 4 is 28.4 Å². The lowest BCUT2D eigenvalue weighted by atomic mass is 10.1. The number of rotatable bonds is 7. The van der Waals surface area contributed by atoms with Crippen LogP contribution in [-0.4, -0.2) is 25.0 Å². The van der Waals surface area contributed by atoms with Crippen molar-refractivity contribution in [3.63, 3.8) is 0 Å². The molecule has 166 valence electrons. The maximum Gasteiger partial charge on any atom is 0.267 e. The van der Waals surface area contributed by atoms with E-state index in [0.29, 0.717) is 29.0 Å². The van der Waals surface area contributed by atoms with Crippen LogP contribution in [0.3, 0.4) is 0 Å². The number of hydrogen-bond donors (Lipinski definition) is 2. The fourth-order valence-electron chi connectivity index (χ4n) is 3.79. The molecule has 0 spiro atoms. The number of pyridine rings is 2. The molecule has 0 aliphatic heterocycles. The predicted octanol–water partition coefficient (Wildman–Crippen LogP) is 3.57. The molecule has 2 N–H and O–H groups in total. The number of nitrogens with zero attached hydrogens (tertiary/aromatic N) is 4. The number of amides is 1. The van der Waals surface area contributed by atoms with Gasteiger partial charge in [-0.05, 0) is 38.0 Å². The third-order valence-electron chi connectivity index (χ3n) is 5.48. The summed E-state index contributed by atoms with van der Waals surface area (Å²) in [5.41, 5.74) is 1.64. The molecular formula is C23H26N6O3.